The Morgan fingerprint density at radius 3 is 2.73 bits per heavy atom. The molecule has 0 saturated heterocycles. The molecule has 6 heteroatoms. The molecular formula is C24H20N4O2. The van der Waals surface area contributed by atoms with E-state index in [1.165, 1.54) is 0 Å². The van der Waals surface area contributed by atoms with Crippen LogP contribution in [0.1, 0.15) is 11.3 Å². The van der Waals surface area contributed by atoms with Gasteiger partial charge < -0.3 is 20.0 Å². The van der Waals surface area contributed by atoms with Gasteiger partial charge in [0.05, 0.1) is 0 Å². The van der Waals surface area contributed by atoms with Crippen molar-refractivity contribution < 1.29 is 9.90 Å². The first-order valence-corrected chi connectivity index (χ1v) is 9.57. The highest BCUT2D eigenvalue weighted by Gasteiger charge is 2.11. The van der Waals surface area contributed by atoms with Gasteiger partial charge in [0.2, 0.25) is 0 Å². The molecule has 1 amide bonds. The molecule has 148 valence electrons. The fourth-order valence-corrected chi connectivity index (χ4v) is 3.40. The Balaban J connectivity index is 1.46. The van der Waals surface area contributed by atoms with E-state index in [4.69, 9.17) is 0 Å². The number of aromatic hydroxyl groups is 1. The number of aromatic amines is 1. The molecule has 3 N–H and O–H groups in total. The maximum Gasteiger partial charge on any atom is 0.262 e. The number of carbonyl (C=O) groups is 1. The molecule has 0 radical (unpaired) electrons. The summed E-state index contributed by atoms with van der Waals surface area (Å²) in [5, 5.41) is 22.9. The molecule has 4 rings (SSSR count). The fraction of sp³-hybridized carbons (Fsp3) is 0.0833. The first-order valence-electron chi connectivity index (χ1n) is 9.57. The van der Waals surface area contributed by atoms with Gasteiger partial charge in [-0.3, -0.25) is 4.79 Å². The molecule has 6 nitrogen and oxygen atoms in total. The second-order valence-electron chi connectivity index (χ2n) is 6.85. The van der Waals surface area contributed by atoms with Gasteiger partial charge in [0, 0.05) is 41.2 Å². The van der Waals surface area contributed by atoms with Crippen molar-refractivity contribution in [2.45, 2.75) is 6.42 Å². The van der Waals surface area contributed by atoms with E-state index in [9.17, 15) is 15.2 Å². The molecule has 2 aromatic heterocycles. The van der Waals surface area contributed by atoms with Gasteiger partial charge >= 0.3 is 0 Å². The van der Waals surface area contributed by atoms with Crippen LogP contribution in [0.3, 0.4) is 0 Å². The van der Waals surface area contributed by atoms with Crippen LogP contribution in [0.25, 0.3) is 22.7 Å². The van der Waals surface area contributed by atoms with Gasteiger partial charge in [0.25, 0.3) is 5.91 Å². The van der Waals surface area contributed by atoms with Crippen LogP contribution in [0.5, 0.6) is 5.75 Å². The van der Waals surface area contributed by atoms with Crippen LogP contribution in [0, 0.1) is 11.3 Å². The highest BCUT2D eigenvalue weighted by molar-refractivity contribution is 6.01. The first kappa shape index (κ1) is 19.1. The van der Waals surface area contributed by atoms with E-state index in [1.807, 2.05) is 59.4 Å². The van der Waals surface area contributed by atoms with Crippen molar-refractivity contribution in [3.8, 4) is 17.5 Å². The van der Waals surface area contributed by atoms with Crippen LogP contribution in [0.4, 0.5) is 0 Å². The molecule has 30 heavy (non-hydrogen) atoms. The smallest absolute Gasteiger partial charge is 0.262 e. The molecule has 0 bridgehead atoms. The van der Waals surface area contributed by atoms with Gasteiger partial charge in [-0.1, -0.05) is 18.2 Å². The summed E-state index contributed by atoms with van der Waals surface area (Å²) < 4.78 is 1.84. The number of H-pyrrole nitrogens is 1. The monoisotopic (exact) mass is 396 g/mol. The molecule has 4 aromatic rings. The van der Waals surface area contributed by atoms with E-state index in [2.05, 4.69) is 10.3 Å². The Kier molecular flexibility index (Phi) is 5.35. The van der Waals surface area contributed by atoms with Gasteiger partial charge in [0.1, 0.15) is 17.4 Å². The van der Waals surface area contributed by atoms with Crippen molar-refractivity contribution in [1.82, 2.24) is 14.9 Å². The average molecular weight is 396 g/mol. The number of fused-ring (bicyclic) bond motifs is 1. The third-order valence-electron chi connectivity index (χ3n) is 4.92. The quantitative estimate of drug-likeness (QED) is 0.340. The summed E-state index contributed by atoms with van der Waals surface area (Å²) in [4.78, 5) is 15.8. The summed E-state index contributed by atoms with van der Waals surface area (Å²) in [6.07, 6.45) is 6.01. The number of phenolic OH excluding ortho intramolecular Hbond substituents is 1. The topological polar surface area (TPSA) is 93.8 Å². The molecule has 0 aliphatic rings. The van der Waals surface area contributed by atoms with Crippen LogP contribution in [0.2, 0.25) is 0 Å². The van der Waals surface area contributed by atoms with E-state index in [-0.39, 0.29) is 11.3 Å². The Morgan fingerprint density at radius 1 is 1.13 bits per heavy atom. The number of aromatic nitrogens is 2. The fourth-order valence-electron chi connectivity index (χ4n) is 3.40. The molecule has 0 unspecified atom stereocenters. The Labute approximate surface area is 173 Å². The number of benzene rings is 2. The normalized spacial score (nSPS) is 11.4. The van der Waals surface area contributed by atoms with E-state index in [1.54, 1.807) is 30.3 Å². The maximum absolute atomic E-state index is 12.5. The Hall–Kier alpha value is -4.24. The molecule has 0 saturated carbocycles. The third-order valence-corrected chi connectivity index (χ3v) is 4.92. The standard InChI is InChI=1S/C24H20N4O2/c25-15-18(14-20-4-3-13-28(20)19-7-9-21(29)10-8-19)24(30)26-12-11-17-16-27-23-6-2-1-5-22(17)23/h1-10,13-14,16,27,29H,11-12H2,(H,26,30)/b18-14+. The summed E-state index contributed by atoms with van der Waals surface area (Å²) >= 11 is 0. The van der Waals surface area contributed by atoms with Crippen LogP contribution in [-0.4, -0.2) is 27.1 Å². The maximum atomic E-state index is 12.5. The molecule has 0 aliphatic carbocycles. The van der Waals surface area contributed by atoms with E-state index in [0.717, 1.165) is 22.2 Å². The summed E-state index contributed by atoms with van der Waals surface area (Å²) in [7, 11) is 0. The zero-order valence-corrected chi connectivity index (χ0v) is 16.2. The minimum Gasteiger partial charge on any atom is -0.508 e. The predicted octanol–water partition coefficient (Wildman–Crippen LogP) is 3.93. The molecule has 0 spiro atoms. The summed E-state index contributed by atoms with van der Waals surface area (Å²) in [6.45, 7) is 0.429. The van der Waals surface area contributed by atoms with Crippen molar-refractivity contribution in [1.29, 1.82) is 5.26 Å². The lowest BCUT2D eigenvalue weighted by atomic mass is 10.1. The SMILES string of the molecule is N#C/C(=C\c1cccn1-c1ccc(O)cc1)C(=O)NCCc1c[nH]c2ccccc12. The van der Waals surface area contributed by atoms with Gasteiger partial charge in [-0.2, -0.15) is 5.26 Å². The molecule has 0 atom stereocenters. The van der Waals surface area contributed by atoms with Gasteiger partial charge in [-0.15, -0.1) is 0 Å². The number of amides is 1. The zero-order valence-electron chi connectivity index (χ0n) is 16.2. The number of nitriles is 1. The molecule has 2 heterocycles. The number of phenols is 1. The second-order valence-corrected chi connectivity index (χ2v) is 6.85. The van der Waals surface area contributed by atoms with Crippen molar-refractivity contribution in [2.75, 3.05) is 6.54 Å². The highest BCUT2D eigenvalue weighted by Crippen LogP contribution is 2.19. The molecule has 2 aromatic carbocycles. The number of hydrogen-bond donors (Lipinski definition) is 3. The lowest BCUT2D eigenvalue weighted by Crippen LogP contribution is -2.26. The van der Waals surface area contributed by atoms with E-state index >= 15 is 0 Å². The minimum atomic E-state index is -0.407. The molecular weight excluding hydrogens is 376 g/mol. The van der Waals surface area contributed by atoms with Crippen molar-refractivity contribution in [3.05, 3.63) is 89.9 Å². The Morgan fingerprint density at radius 2 is 1.93 bits per heavy atom. The largest absolute Gasteiger partial charge is 0.508 e. The van der Waals surface area contributed by atoms with Crippen LogP contribution < -0.4 is 5.32 Å². The predicted molar refractivity (Wildman–Crippen MR) is 116 cm³/mol. The van der Waals surface area contributed by atoms with E-state index in [0.29, 0.717) is 18.7 Å². The number of nitrogens with zero attached hydrogens (tertiary/aromatic N) is 2. The van der Waals surface area contributed by atoms with Crippen molar-refractivity contribution >= 4 is 22.9 Å². The van der Waals surface area contributed by atoms with Crippen LogP contribution in [-0.2, 0) is 11.2 Å². The third kappa shape index (κ3) is 3.96. The second kappa shape index (κ2) is 8.41. The minimum absolute atomic E-state index is 0.0349. The molecule has 0 fully saturated rings. The van der Waals surface area contributed by atoms with Crippen LogP contribution in [0.15, 0.2) is 78.6 Å². The Bertz CT molecular complexity index is 1260. The van der Waals surface area contributed by atoms with Crippen molar-refractivity contribution in [3.63, 3.8) is 0 Å². The van der Waals surface area contributed by atoms with Crippen LogP contribution >= 0.6 is 0 Å². The molecule has 0 aliphatic heterocycles. The lowest BCUT2D eigenvalue weighted by Gasteiger charge is -2.08. The van der Waals surface area contributed by atoms with Gasteiger partial charge in [-0.05, 0) is 60.5 Å². The van der Waals surface area contributed by atoms with Gasteiger partial charge in [0.15, 0.2) is 0 Å². The van der Waals surface area contributed by atoms with E-state index < -0.39 is 5.91 Å². The summed E-state index contributed by atoms with van der Waals surface area (Å²) in [5.74, 6) is -0.230. The van der Waals surface area contributed by atoms with Crippen molar-refractivity contribution in [2.24, 2.45) is 0 Å². The highest BCUT2D eigenvalue weighted by atomic mass is 16.3. The number of hydrogen-bond acceptors (Lipinski definition) is 3. The number of para-hydroxylation sites is 1. The summed E-state index contributed by atoms with van der Waals surface area (Å²) in [6, 6.07) is 20.4. The first-order chi connectivity index (χ1) is 14.7. The lowest BCUT2D eigenvalue weighted by molar-refractivity contribution is -0.117. The van der Waals surface area contributed by atoms with Gasteiger partial charge in [-0.25, -0.2) is 0 Å². The zero-order chi connectivity index (χ0) is 20.9. The number of carbonyl (C=O) groups excluding carboxylic acids is 1. The number of rotatable bonds is 6. The summed E-state index contributed by atoms with van der Waals surface area (Å²) in [5.41, 5.74) is 3.73. The average Bonchev–Trinajstić information content (AvgIpc) is 3.39. The number of nitrogens with one attached hydrogen (secondary N) is 2.